The van der Waals surface area contributed by atoms with Crippen LogP contribution >= 0.6 is 0 Å². The number of fused-ring (bicyclic) bond motifs is 2. The molecule has 4 aliphatic rings. The van der Waals surface area contributed by atoms with E-state index in [2.05, 4.69) is 62.1 Å². The molecular formula is C27H42Si. The van der Waals surface area contributed by atoms with Crippen molar-refractivity contribution in [3.05, 3.63) is 48.6 Å². The van der Waals surface area contributed by atoms with Gasteiger partial charge in [0.2, 0.25) is 0 Å². The number of unbranched alkanes of at least 4 members (excludes halogenated alkanes) is 5. The van der Waals surface area contributed by atoms with Crippen molar-refractivity contribution in [1.82, 2.24) is 0 Å². The quantitative estimate of drug-likeness (QED) is 0.272. The Bertz CT molecular complexity index is 580. The highest BCUT2D eigenvalue weighted by atomic mass is 28.3. The van der Waals surface area contributed by atoms with E-state index >= 15 is 0 Å². The van der Waals surface area contributed by atoms with Gasteiger partial charge in [0, 0.05) is 0 Å². The zero-order valence-electron chi connectivity index (χ0n) is 18.4. The molecule has 4 rings (SSSR count). The minimum atomic E-state index is -1.34. The third-order valence-corrected chi connectivity index (χ3v) is 15.1. The van der Waals surface area contributed by atoms with Gasteiger partial charge in [-0.2, -0.15) is 0 Å². The fraction of sp³-hybridized carbons (Fsp3) is 0.704. The summed E-state index contributed by atoms with van der Waals surface area (Å²) in [6.07, 6.45) is 34.3. The highest BCUT2D eigenvalue weighted by Crippen LogP contribution is 2.60. The maximum atomic E-state index is 2.86. The molecule has 0 N–H and O–H groups in total. The highest BCUT2D eigenvalue weighted by Gasteiger charge is 2.53. The van der Waals surface area contributed by atoms with Crippen molar-refractivity contribution in [1.29, 1.82) is 0 Å². The predicted octanol–water partition coefficient (Wildman–Crippen LogP) is 8.47. The van der Waals surface area contributed by atoms with Gasteiger partial charge in [0.15, 0.2) is 0 Å². The lowest BCUT2D eigenvalue weighted by Gasteiger charge is -2.45. The van der Waals surface area contributed by atoms with Crippen molar-refractivity contribution in [2.75, 3.05) is 0 Å². The van der Waals surface area contributed by atoms with Crippen LogP contribution in [0.25, 0.3) is 0 Å². The molecule has 154 valence electrons. The lowest BCUT2D eigenvalue weighted by Crippen LogP contribution is -2.45. The van der Waals surface area contributed by atoms with Crippen LogP contribution in [-0.2, 0) is 0 Å². The van der Waals surface area contributed by atoms with Crippen LogP contribution < -0.4 is 0 Å². The van der Waals surface area contributed by atoms with Crippen LogP contribution in [0.3, 0.4) is 0 Å². The van der Waals surface area contributed by atoms with Crippen LogP contribution in [0.1, 0.15) is 71.1 Å². The average Bonchev–Trinajstić information content (AvgIpc) is 3.35. The zero-order chi connectivity index (χ0) is 19.4. The van der Waals surface area contributed by atoms with Crippen molar-refractivity contribution < 1.29 is 0 Å². The Morgan fingerprint density at radius 2 is 1.14 bits per heavy atom. The fourth-order valence-corrected chi connectivity index (χ4v) is 13.8. The Morgan fingerprint density at radius 3 is 1.71 bits per heavy atom. The molecule has 6 atom stereocenters. The van der Waals surface area contributed by atoms with Gasteiger partial charge in [0.1, 0.15) is 0 Å². The first-order chi connectivity index (χ1) is 13.7. The molecule has 0 radical (unpaired) electrons. The van der Waals surface area contributed by atoms with E-state index in [4.69, 9.17) is 0 Å². The molecule has 0 saturated heterocycles. The average molecular weight is 395 g/mol. The first kappa shape index (κ1) is 20.4. The Labute approximate surface area is 175 Å². The van der Waals surface area contributed by atoms with Gasteiger partial charge in [-0.1, -0.05) is 119 Å². The van der Waals surface area contributed by atoms with Crippen molar-refractivity contribution in [2.24, 2.45) is 23.7 Å². The first-order valence-electron chi connectivity index (χ1n) is 12.4. The largest absolute Gasteiger partial charge is 0.0808 e. The Balaban J connectivity index is 1.49. The number of hydrogen-bond donors (Lipinski definition) is 0. The molecule has 28 heavy (non-hydrogen) atoms. The smallest absolute Gasteiger partial charge is 0.0579 e. The minimum Gasteiger partial charge on any atom is -0.0808 e. The van der Waals surface area contributed by atoms with Crippen LogP contribution in [0.5, 0.6) is 0 Å². The fourth-order valence-electron chi connectivity index (χ4n) is 7.38. The maximum Gasteiger partial charge on any atom is 0.0579 e. The van der Waals surface area contributed by atoms with E-state index in [1.807, 2.05) is 0 Å². The molecule has 2 saturated carbocycles. The van der Waals surface area contributed by atoms with E-state index in [-0.39, 0.29) is 0 Å². The predicted molar refractivity (Wildman–Crippen MR) is 126 cm³/mol. The maximum absolute atomic E-state index is 2.86. The molecule has 0 nitrogen and oxygen atoms in total. The van der Waals surface area contributed by atoms with Gasteiger partial charge in [-0.25, -0.2) is 0 Å². The molecule has 0 aromatic rings. The molecular weight excluding hydrogens is 352 g/mol. The van der Waals surface area contributed by atoms with Gasteiger partial charge >= 0.3 is 0 Å². The van der Waals surface area contributed by atoms with E-state index in [0.717, 1.165) is 34.8 Å². The molecule has 6 unspecified atom stereocenters. The normalized spacial score (nSPS) is 37.8. The number of allylic oxidation sites excluding steroid dienone is 8. The molecule has 4 aliphatic carbocycles. The van der Waals surface area contributed by atoms with E-state index in [1.165, 1.54) is 64.2 Å². The van der Waals surface area contributed by atoms with Gasteiger partial charge in [-0.3, -0.25) is 0 Å². The van der Waals surface area contributed by atoms with E-state index in [0.29, 0.717) is 0 Å². The van der Waals surface area contributed by atoms with Gasteiger partial charge in [0.05, 0.1) is 8.07 Å². The summed E-state index contributed by atoms with van der Waals surface area (Å²) in [6.45, 7) is 5.19. The van der Waals surface area contributed by atoms with Crippen LogP contribution in [0.2, 0.25) is 23.7 Å². The van der Waals surface area contributed by atoms with Crippen LogP contribution in [0.15, 0.2) is 48.6 Å². The standard InChI is InChI=1S/C27H42Si/c1-3-4-5-6-7-12-21-28(2,26-19-17-22-13-8-10-15-24(22)26)27-20-18-23-14-9-11-16-25(23)27/h8-11,13-16,22-27H,3-7,12,17-21H2,1-2H3. The monoisotopic (exact) mass is 394 g/mol. The van der Waals surface area contributed by atoms with Gasteiger partial charge in [-0.05, 0) is 47.6 Å². The number of rotatable bonds is 9. The van der Waals surface area contributed by atoms with Crippen molar-refractivity contribution >= 4 is 8.07 Å². The van der Waals surface area contributed by atoms with Crippen molar-refractivity contribution in [3.63, 3.8) is 0 Å². The Morgan fingerprint density at radius 1 is 0.643 bits per heavy atom. The second-order valence-corrected chi connectivity index (χ2v) is 15.4. The summed E-state index contributed by atoms with van der Waals surface area (Å²) >= 11 is 0. The van der Waals surface area contributed by atoms with Gasteiger partial charge < -0.3 is 0 Å². The topological polar surface area (TPSA) is 0 Å². The molecule has 0 amide bonds. The summed E-state index contributed by atoms with van der Waals surface area (Å²) in [5.41, 5.74) is 2.05. The molecule has 0 bridgehead atoms. The Hall–Kier alpha value is -0.823. The van der Waals surface area contributed by atoms with Crippen LogP contribution in [-0.4, -0.2) is 8.07 Å². The lowest BCUT2D eigenvalue weighted by atomic mass is 9.91. The molecule has 2 fully saturated rings. The summed E-state index contributed by atoms with van der Waals surface area (Å²) in [7, 11) is -1.34. The second-order valence-electron chi connectivity index (χ2n) is 10.4. The minimum absolute atomic E-state index is 0.852. The summed E-state index contributed by atoms with van der Waals surface area (Å²) in [5.74, 6) is 3.43. The second kappa shape index (κ2) is 9.33. The lowest BCUT2D eigenvalue weighted by molar-refractivity contribution is 0.511. The van der Waals surface area contributed by atoms with Crippen LogP contribution in [0.4, 0.5) is 0 Å². The van der Waals surface area contributed by atoms with Gasteiger partial charge in [-0.15, -0.1) is 0 Å². The molecule has 0 spiro atoms. The summed E-state index contributed by atoms with van der Waals surface area (Å²) in [6, 6.07) is 1.59. The zero-order valence-corrected chi connectivity index (χ0v) is 19.4. The molecule has 0 aromatic heterocycles. The molecule has 0 aromatic carbocycles. The SMILES string of the molecule is CCCCCCCC[Si](C)(C1CCC2C=CC=CC21)C1CCC2C=CC=CC21. The molecule has 1 heteroatoms. The van der Waals surface area contributed by atoms with E-state index < -0.39 is 8.07 Å². The van der Waals surface area contributed by atoms with Gasteiger partial charge in [0.25, 0.3) is 0 Å². The van der Waals surface area contributed by atoms with E-state index in [9.17, 15) is 0 Å². The summed E-state index contributed by atoms with van der Waals surface area (Å²) in [5, 5.41) is 0. The van der Waals surface area contributed by atoms with Crippen molar-refractivity contribution in [2.45, 2.75) is 94.8 Å². The third-order valence-electron chi connectivity index (χ3n) is 8.91. The molecule has 0 heterocycles. The number of hydrogen-bond acceptors (Lipinski definition) is 0. The first-order valence-corrected chi connectivity index (χ1v) is 15.3. The third kappa shape index (κ3) is 4.06. The summed E-state index contributed by atoms with van der Waals surface area (Å²) < 4.78 is 0. The summed E-state index contributed by atoms with van der Waals surface area (Å²) in [4.78, 5) is 0. The van der Waals surface area contributed by atoms with Crippen molar-refractivity contribution in [3.8, 4) is 0 Å². The molecule has 0 aliphatic heterocycles. The highest BCUT2D eigenvalue weighted by molar-refractivity contribution is 6.81. The van der Waals surface area contributed by atoms with Crippen LogP contribution in [0, 0.1) is 23.7 Å². The van der Waals surface area contributed by atoms with E-state index in [1.54, 1.807) is 6.04 Å². The Kier molecular flexibility index (Phi) is 6.81.